The molecule has 0 aliphatic heterocycles. The van der Waals surface area contributed by atoms with Crippen molar-refractivity contribution in [2.75, 3.05) is 20.3 Å². The van der Waals surface area contributed by atoms with E-state index in [-0.39, 0.29) is 0 Å². The van der Waals surface area contributed by atoms with E-state index in [4.69, 9.17) is 10.5 Å². The van der Waals surface area contributed by atoms with Gasteiger partial charge in [-0.2, -0.15) is 0 Å². The third kappa shape index (κ3) is 2.76. The molecule has 1 fully saturated rings. The minimum atomic E-state index is 0.715. The quantitative estimate of drug-likeness (QED) is 0.657. The maximum atomic E-state index is 5.74. The smallest absolute Gasteiger partial charge is 0.0493 e. The first kappa shape index (κ1) is 10.0. The molecule has 0 aromatic carbocycles. The Kier molecular flexibility index (Phi) is 4.62. The lowest BCUT2D eigenvalue weighted by molar-refractivity contribution is 0.117. The summed E-state index contributed by atoms with van der Waals surface area (Å²) in [5, 5.41) is 0. The van der Waals surface area contributed by atoms with Crippen molar-refractivity contribution in [3.05, 3.63) is 0 Å². The van der Waals surface area contributed by atoms with Crippen molar-refractivity contribution in [2.24, 2.45) is 17.6 Å². The Morgan fingerprint density at radius 2 is 1.83 bits per heavy atom. The third-order valence-corrected chi connectivity index (χ3v) is 3.00. The minimum Gasteiger partial charge on any atom is -0.384 e. The van der Waals surface area contributed by atoms with Gasteiger partial charge in [0.15, 0.2) is 0 Å². The number of nitrogens with two attached hydrogens (primary N) is 1. The molecule has 0 aromatic rings. The summed E-state index contributed by atoms with van der Waals surface area (Å²) < 4.78 is 5.21. The molecule has 0 spiro atoms. The van der Waals surface area contributed by atoms with E-state index in [0.29, 0.717) is 5.92 Å². The molecule has 2 atom stereocenters. The summed E-state index contributed by atoms with van der Waals surface area (Å²) in [6.07, 6.45) is 6.74. The molecule has 0 saturated heterocycles. The zero-order valence-corrected chi connectivity index (χ0v) is 8.09. The fourth-order valence-corrected chi connectivity index (χ4v) is 2.21. The van der Waals surface area contributed by atoms with Crippen LogP contribution in [0.3, 0.4) is 0 Å². The van der Waals surface area contributed by atoms with E-state index in [1.165, 1.54) is 32.1 Å². The fraction of sp³-hybridized carbons (Fsp3) is 1.00. The Bertz CT molecular complexity index is 116. The molecule has 2 nitrogen and oxygen atoms in total. The molecule has 72 valence electrons. The van der Waals surface area contributed by atoms with Gasteiger partial charge in [-0.1, -0.05) is 19.3 Å². The van der Waals surface area contributed by atoms with Crippen molar-refractivity contribution in [3.63, 3.8) is 0 Å². The molecule has 1 saturated carbocycles. The Morgan fingerprint density at radius 3 is 2.42 bits per heavy atom. The Morgan fingerprint density at radius 1 is 1.17 bits per heavy atom. The van der Waals surface area contributed by atoms with Gasteiger partial charge in [0.25, 0.3) is 0 Å². The fourth-order valence-electron chi connectivity index (χ4n) is 2.21. The molecule has 2 unspecified atom stereocenters. The van der Waals surface area contributed by atoms with Crippen LogP contribution in [-0.4, -0.2) is 20.3 Å². The van der Waals surface area contributed by atoms with E-state index in [0.717, 1.165) is 19.1 Å². The summed E-state index contributed by atoms with van der Waals surface area (Å²) in [6.45, 7) is 1.75. The van der Waals surface area contributed by atoms with Gasteiger partial charge in [0.2, 0.25) is 0 Å². The predicted molar refractivity (Wildman–Crippen MR) is 51.0 cm³/mol. The van der Waals surface area contributed by atoms with Gasteiger partial charge in [0, 0.05) is 13.7 Å². The summed E-state index contributed by atoms with van der Waals surface area (Å²) in [4.78, 5) is 0. The van der Waals surface area contributed by atoms with Crippen LogP contribution < -0.4 is 5.73 Å². The van der Waals surface area contributed by atoms with E-state index < -0.39 is 0 Å². The Balaban J connectivity index is 2.39. The maximum absolute atomic E-state index is 5.74. The largest absolute Gasteiger partial charge is 0.384 e. The average molecular weight is 171 g/mol. The summed E-state index contributed by atoms with van der Waals surface area (Å²) in [5.74, 6) is 1.44. The molecule has 1 rings (SSSR count). The second-order valence-electron chi connectivity index (χ2n) is 3.85. The van der Waals surface area contributed by atoms with Crippen molar-refractivity contribution in [2.45, 2.75) is 32.1 Å². The van der Waals surface area contributed by atoms with E-state index in [1.807, 2.05) is 0 Å². The lowest BCUT2D eigenvalue weighted by atomic mass is 9.89. The standard InChI is InChI=1S/C10H21NO/c1-12-8-10-6-4-2-3-5-9(10)7-11/h9-10H,2-8,11H2,1H3. The number of hydrogen-bond donors (Lipinski definition) is 1. The van der Waals surface area contributed by atoms with Crippen LogP contribution in [0.5, 0.6) is 0 Å². The van der Waals surface area contributed by atoms with Crippen molar-refractivity contribution >= 4 is 0 Å². The van der Waals surface area contributed by atoms with Gasteiger partial charge in [-0.3, -0.25) is 0 Å². The van der Waals surface area contributed by atoms with E-state index in [9.17, 15) is 0 Å². The molecular formula is C10H21NO. The van der Waals surface area contributed by atoms with Gasteiger partial charge in [-0.25, -0.2) is 0 Å². The zero-order valence-electron chi connectivity index (χ0n) is 8.09. The van der Waals surface area contributed by atoms with E-state index >= 15 is 0 Å². The van der Waals surface area contributed by atoms with Gasteiger partial charge in [-0.15, -0.1) is 0 Å². The topological polar surface area (TPSA) is 35.2 Å². The summed E-state index contributed by atoms with van der Waals surface area (Å²) in [7, 11) is 1.79. The average Bonchev–Trinajstić information content (AvgIpc) is 2.30. The Hall–Kier alpha value is -0.0800. The van der Waals surface area contributed by atoms with Crippen LogP contribution in [0.4, 0.5) is 0 Å². The monoisotopic (exact) mass is 171 g/mol. The number of rotatable bonds is 3. The van der Waals surface area contributed by atoms with Crippen molar-refractivity contribution in [1.29, 1.82) is 0 Å². The second-order valence-corrected chi connectivity index (χ2v) is 3.85. The van der Waals surface area contributed by atoms with Crippen LogP contribution in [0, 0.1) is 11.8 Å². The molecule has 1 aliphatic rings. The normalized spacial score (nSPS) is 31.5. The molecule has 0 aromatic heterocycles. The Labute approximate surface area is 75.5 Å². The van der Waals surface area contributed by atoms with Crippen LogP contribution in [0.1, 0.15) is 32.1 Å². The lowest BCUT2D eigenvalue weighted by Crippen LogP contribution is -2.25. The molecule has 0 heterocycles. The second kappa shape index (κ2) is 5.55. The third-order valence-electron chi connectivity index (χ3n) is 3.00. The van der Waals surface area contributed by atoms with E-state index in [2.05, 4.69) is 0 Å². The molecule has 2 heteroatoms. The molecular weight excluding hydrogens is 150 g/mol. The first-order valence-corrected chi connectivity index (χ1v) is 5.07. The van der Waals surface area contributed by atoms with Crippen LogP contribution >= 0.6 is 0 Å². The zero-order chi connectivity index (χ0) is 8.81. The van der Waals surface area contributed by atoms with Gasteiger partial charge >= 0.3 is 0 Å². The van der Waals surface area contributed by atoms with Crippen LogP contribution in [0.15, 0.2) is 0 Å². The number of methoxy groups -OCH3 is 1. The highest BCUT2D eigenvalue weighted by molar-refractivity contribution is 4.74. The maximum Gasteiger partial charge on any atom is 0.0493 e. The van der Waals surface area contributed by atoms with Gasteiger partial charge in [-0.05, 0) is 31.2 Å². The van der Waals surface area contributed by atoms with Crippen LogP contribution in [-0.2, 0) is 4.74 Å². The summed E-state index contributed by atoms with van der Waals surface area (Å²) >= 11 is 0. The predicted octanol–water partition coefficient (Wildman–Crippen LogP) is 1.79. The molecule has 0 bridgehead atoms. The SMILES string of the molecule is COCC1CCCCCC1CN. The number of hydrogen-bond acceptors (Lipinski definition) is 2. The van der Waals surface area contributed by atoms with Crippen molar-refractivity contribution < 1.29 is 4.74 Å². The van der Waals surface area contributed by atoms with Crippen molar-refractivity contribution in [1.82, 2.24) is 0 Å². The summed E-state index contributed by atoms with van der Waals surface area (Å²) in [5.41, 5.74) is 5.74. The van der Waals surface area contributed by atoms with E-state index in [1.54, 1.807) is 7.11 Å². The minimum absolute atomic E-state index is 0.715. The highest BCUT2D eigenvalue weighted by Crippen LogP contribution is 2.27. The lowest BCUT2D eigenvalue weighted by Gasteiger charge is -2.22. The van der Waals surface area contributed by atoms with Crippen LogP contribution in [0.25, 0.3) is 0 Å². The molecule has 12 heavy (non-hydrogen) atoms. The van der Waals surface area contributed by atoms with Gasteiger partial charge in [0.1, 0.15) is 0 Å². The van der Waals surface area contributed by atoms with Crippen LogP contribution in [0.2, 0.25) is 0 Å². The van der Waals surface area contributed by atoms with Gasteiger partial charge < -0.3 is 10.5 Å². The molecule has 2 N–H and O–H groups in total. The highest BCUT2D eigenvalue weighted by atomic mass is 16.5. The first-order chi connectivity index (χ1) is 5.88. The number of ether oxygens (including phenoxy) is 1. The summed E-state index contributed by atoms with van der Waals surface area (Å²) in [6, 6.07) is 0. The highest BCUT2D eigenvalue weighted by Gasteiger charge is 2.21. The molecule has 0 amide bonds. The first-order valence-electron chi connectivity index (χ1n) is 5.07. The molecule has 1 aliphatic carbocycles. The van der Waals surface area contributed by atoms with Gasteiger partial charge in [0.05, 0.1) is 0 Å². The molecule has 0 radical (unpaired) electrons. The van der Waals surface area contributed by atoms with Crippen molar-refractivity contribution in [3.8, 4) is 0 Å².